The molecule has 1 aromatic heterocycles. The first-order valence-corrected chi connectivity index (χ1v) is 5.29. The lowest BCUT2D eigenvalue weighted by Gasteiger charge is -2.20. The Labute approximate surface area is 96.1 Å². The first-order chi connectivity index (χ1) is 7.61. The highest BCUT2D eigenvalue weighted by atomic mass is 16.5. The first-order valence-electron chi connectivity index (χ1n) is 5.29. The largest absolute Gasteiger partial charge is 0.445 e. The Kier molecular flexibility index (Phi) is 4.92. The van der Waals surface area contributed by atoms with E-state index in [0.717, 1.165) is 18.0 Å². The summed E-state index contributed by atoms with van der Waals surface area (Å²) in [5.41, 5.74) is 0.428. The van der Waals surface area contributed by atoms with Crippen LogP contribution in [-0.4, -0.2) is 32.4 Å². The van der Waals surface area contributed by atoms with Gasteiger partial charge in [-0.05, 0) is 13.8 Å². The molecule has 0 radical (unpaired) electrons. The number of hydrogen-bond donors (Lipinski definition) is 1. The summed E-state index contributed by atoms with van der Waals surface area (Å²) in [4.78, 5) is 4.18. The molecular formula is C11H20N2O3. The van der Waals surface area contributed by atoms with Crippen molar-refractivity contribution in [2.45, 2.75) is 26.0 Å². The second-order valence-electron chi connectivity index (χ2n) is 4.01. The smallest absolute Gasteiger partial charge is 0.181 e. The number of aromatic nitrogens is 1. The number of hydrogen-bond acceptors (Lipinski definition) is 5. The minimum atomic E-state index is -0.450. The minimum Gasteiger partial charge on any atom is -0.445 e. The molecule has 92 valence electrons. The van der Waals surface area contributed by atoms with E-state index < -0.39 is 5.60 Å². The van der Waals surface area contributed by atoms with Crippen LogP contribution in [0.1, 0.15) is 25.3 Å². The fourth-order valence-electron chi connectivity index (χ4n) is 1.36. The van der Waals surface area contributed by atoms with Gasteiger partial charge in [0.05, 0.1) is 12.3 Å². The molecule has 1 rings (SSSR count). The molecule has 1 heterocycles. The zero-order valence-corrected chi connectivity index (χ0v) is 10.4. The third-order valence-electron chi connectivity index (χ3n) is 2.47. The van der Waals surface area contributed by atoms with Crippen LogP contribution in [0.2, 0.25) is 0 Å². The molecule has 0 spiro atoms. The number of oxazole rings is 1. The third kappa shape index (κ3) is 3.30. The summed E-state index contributed by atoms with van der Waals surface area (Å²) in [7, 11) is 3.34. The van der Waals surface area contributed by atoms with Crippen molar-refractivity contribution in [1.82, 2.24) is 10.3 Å². The summed E-state index contributed by atoms with van der Waals surface area (Å²) in [6.45, 7) is 6.03. The van der Waals surface area contributed by atoms with Crippen LogP contribution >= 0.6 is 0 Å². The minimum absolute atomic E-state index is 0.450. The second-order valence-corrected chi connectivity index (χ2v) is 4.01. The molecule has 0 saturated carbocycles. The van der Waals surface area contributed by atoms with Crippen molar-refractivity contribution in [2.24, 2.45) is 0 Å². The number of ether oxygens (including phenoxy) is 2. The lowest BCUT2D eigenvalue weighted by Crippen LogP contribution is -2.24. The maximum absolute atomic E-state index is 5.37. The molecule has 0 aliphatic carbocycles. The van der Waals surface area contributed by atoms with Gasteiger partial charge in [-0.25, -0.2) is 4.98 Å². The highest BCUT2D eigenvalue weighted by Crippen LogP contribution is 2.26. The SMILES string of the molecule is COCCNCc1ncoc1C(C)(C)OC. The van der Waals surface area contributed by atoms with Crippen molar-refractivity contribution in [1.29, 1.82) is 0 Å². The van der Waals surface area contributed by atoms with E-state index in [2.05, 4.69) is 10.3 Å². The summed E-state index contributed by atoms with van der Waals surface area (Å²) in [6, 6.07) is 0. The van der Waals surface area contributed by atoms with Crippen LogP contribution in [-0.2, 0) is 21.6 Å². The first kappa shape index (κ1) is 13.2. The van der Waals surface area contributed by atoms with E-state index in [1.54, 1.807) is 14.2 Å². The van der Waals surface area contributed by atoms with Crippen molar-refractivity contribution in [3.8, 4) is 0 Å². The van der Waals surface area contributed by atoms with Crippen LogP contribution < -0.4 is 5.32 Å². The quantitative estimate of drug-likeness (QED) is 0.713. The summed E-state index contributed by atoms with van der Waals surface area (Å²) in [5.74, 6) is 0.764. The topological polar surface area (TPSA) is 56.5 Å². The number of nitrogens with zero attached hydrogens (tertiary/aromatic N) is 1. The van der Waals surface area contributed by atoms with Gasteiger partial charge < -0.3 is 19.2 Å². The van der Waals surface area contributed by atoms with Gasteiger partial charge in [-0.15, -0.1) is 0 Å². The Bertz CT molecular complexity index is 310. The van der Waals surface area contributed by atoms with Crippen molar-refractivity contribution in [3.05, 3.63) is 17.8 Å². The molecule has 0 aliphatic rings. The average molecular weight is 228 g/mol. The maximum atomic E-state index is 5.37. The van der Waals surface area contributed by atoms with Crippen LogP contribution in [0.4, 0.5) is 0 Å². The molecule has 0 aromatic carbocycles. The van der Waals surface area contributed by atoms with Gasteiger partial charge in [-0.2, -0.15) is 0 Å². The fourth-order valence-corrected chi connectivity index (χ4v) is 1.36. The van der Waals surface area contributed by atoms with Gasteiger partial charge in [0, 0.05) is 27.3 Å². The molecule has 0 fully saturated rings. The standard InChI is InChI=1S/C11H20N2O3/c1-11(2,15-4)10-9(13-8-16-10)7-12-5-6-14-3/h8,12H,5-7H2,1-4H3. The Morgan fingerprint density at radius 3 is 2.81 bits per heavy atom. The lowest BCUT2D eigenvalue weighted by atomic mass is 10.0. The molecule has 0 amide bonds. The van der Waals surface area contributed by atoms with E-state index in [0.29, 0.717) is 13.2 Å². The molecule has 5 nitrogen and oxygen atoms in total. The molecule has 0 aliphatic heterocycles. The Hall–Kier alpha value is -0.910. The van der Waals surface area contributed by atoms with Crippen molar-refractivity contribution in [3.63, 3.8) is 0 Å². The molecule has 0 unspecified atom stereocenters. The third-order valence-corrected chi connectivity index (χ3v) is 2.47. The van der Waals surface area contributed by atoms with Crippen molar-refractivity contribution < 1.29 is 13.9 Å². The molecule has 1 N–H and O–H groups in total. The zero-order valence-electron chi connectivity index (χ0n) is 10.4. The van der Waals surface area contributed by atoms with Gasteiger partial charge in [0.1, 0.15) is 5.60 Å². The van der Waals surface area contributed by atoms with Gasteiger partial charge >= 0.3 is 0 Å². The van der Waals surface area contributed by atoms with Gasteiger partial charge in [0.2, 0.25) is 0 Å². The predicted molar refractivity (Wildman–Crippen MR) is 60.1 cm³/mol. The van der Waals surface area contributed by atoms with Gasteiger partial charge in [0.25, 0.3) is 0 Å². The molecule has 0 bridgehead atoms. The predicted octanol–water partition coefficient (Wildman–Crippen LogP) is 1.29. The summed E-state index contributed by atoms with van der Waals surface area (Å²) in [6.07, 6.45) is 1.45. The summed E-state index contributed by atoms with van der Waals surface area (Å²) >= 11 is 0. The van der Waals surface area contributed by atoms with E-state index in [9.17, 15) is 0 Å². The summed E-state index contributed by atoms with van der Waals surface area (Å²) < 4.78 is 15.7. The van der Waals surface area contributed by atoms with Gasteiger partial charge in [0.15, 0.2) is 12.2 Å². The van der Waals surface area contributed by atoms with E-state index in [1.807, 2.05) is 13.8 Å². The number of nitrogens with one attached hydrogen (secondary N) is 1. The van der Waals surface area contributed by atoms with Crippen molar-refractivity contribution >= 4 is 0 Å². The Morgan fingerprint density at radius 1 is 1.44 bits per heavy atom. The highest BCUT2D eigenvalue weighted by Gasteiger charge is 2.27. The van der Waals surface area contributed by atoms with Crippen LogP contribution in [0.5, 0.6) is 0 Å². The second kappa shape index (κ2) is 5.98. The van der Waals surface area contributed by atoms with Gasteiger partial charge in [-0.1, -0.05) is 0 Å². The molecule has 0 atom stereocenters. The molecule has 1 aromatic rings. The fraction of sp³-hybridized carbons (Fsp3) is 0.727. The lowest BCUT2D eigenvalue weighted by molar-refractivity contribution is -0.000109. The van der Waals surface area contributed by atoms with E-state index in [-0.39, 0.29) is 0 Å². The van der Waals surface area contributed by atoms with E-state index >= 15 is 0 Å². The molecular weight excluding hydrogens is 208 g/mol. The normalized spacial score (nSPS) is 12.0. The monoisotopic (exact) mass is 228 g/mol. The van der Waals surface area contributed by atoms with E-state index in [4.69, 9.17) is 13.9 Å². The molecule has 0 saturated heterocycles. The average Bonchev–Trinajstić information content (AvgIpc) is 2.73. The van der Waals surface area contributed by atoms with Crippen LogP contribution in [0, 0.1) is 0 Å². The number of methoxy groups -OCH3 is 2. The van der Waals surface area contributed by atoms with Crippen LogP contribution in [0.3, 0.4) is 0 Å². The molecule has 16 heavy (non-hydrogen) atoms. The van der Waals surface area contributed by atoms with Crippen LogP contribution in [0.15, 0.2) is 10.8 Å². The van der Waals surface area contributed by atoms with Gasteiger partial charge in [-0.3, -0.25) is 0 Å². The number of rotatable bonds is 7. The zero-order chi connectivity index (χ0) is 12.0. The highest BCUT2D eigenvalue weighted by molar-refractivity contribution is 5.14. The van der Waals surface area contributed by atoms with E-state index in [1.165, 1.54) is 6.39 Å². The van der Waals surface area contributed by atoms with Crippen molar-refractivity contribution in [2.75, 3.05) is 27.4 Å². The Morgan fingerprint density at radius 2 is 2.19 bits per heavy atom. The maximum Gasteiger partial charge on any atom is 0.181 e. The Balaban J connectivity index is 2.57. The summed E-state index contributed by atoms with van der Waals surface area (Å²) in [5, 5.41) is 3.22. The van der Waals surface area contributed by atoms with Crippen LogP contribution in [0.25, 0.3) is 0 Å². The molecule has 5 heteroatoms.